The number of carboxylic acid groups (broad SMARTS) is 1. The number of urea groups is 1. The maximum atomic E-state index is 10.7. The maximum absolute atomic E-state index is 10.7. The summed E-state index contributed by atoms with van der Waals surface area (Å²) in [5.41, 5.74) is 5.50. The van der Waals surface area contributed by atoms with E-state index in [1.165, 1.54) is 6.07 Å². The van der Waals surface area contributed by atoms with Crippen LogP contribution in [0.4, 0.5) is 10.6 Å². The summed E-state index contributed by atoms with van der Waals surface area (Å²) in [6, 6.07) is 2.46. The van der Waals surface area contributed by atoms with Crippen LogP contribution in [0.25, 0.3) is 0 Å². The predicted molar refractivity (Wildman–Crippen MR) is 62.0 cm³/mol. The number of aromatic nitrogens is 1. The molecule has 17 heavy (non-hydrogen) atoms. The minimum Gasteiger partial charge on any atom is -0.478 e. The predicted octanol–water partition coefficient (Wildman–Crippen LogP) is 0.168. The number of carbonyl (C=O) groups is 2. The average Bonchev–Trinajstić information content (AvgIpc) is 2.23. The van der Waals surface area contributed by atoms with Crippen molar-refractivity contribution in [2.75, 3.05) is 18.4 Å². The number of primary amides is 1. The van der Waals surface area contributed by atoms with Gasteiger partial charge in [-0.2, -0.15) is 0 Å². The first-order valence-electron chi connectivity index (χ1n) is 4.99. The molecule has 0 unspecified atom stereocenters. The molecule has 5 N–H and O–H groups in total. The Labute approximate surface area is 98.0 Å². The van der Waals surface area contributed by atoms with Crippen molar-refractivity contribution in [3.05, 3.63) is 23.4 Å². The third-order valence-corrected chi connectivity index (χ3v) is 2.05. The molecule has 1 rings (SSSR count). The van der Waals surface area contributed by atoms with E-state index >= 15 is 0 Å². The van der Waals surface area contributed by atoms with Gasteiger partial charge in [0.15, 0.2) is 0 Å². The maximum Gasteiger partial charge on any atom is 0.337 e. The van der Waals surface area contributed by atoms with Gasteiger partial charge in [-0.1, -0.05) is 0 Å². The highest BCUT2D eigenvalue weighted by Crippen LogP contribution is 2.09. The Balaban J connectivity index is 2.53. The first kappa shape index (κ1) is 12.8. The van der Waals surface area contributed by atoms with E-state index < -0.39 is 12.0 Å². The van der Waals surface area contributed by atoms with E-state index in [0.717, 1.165) is 0 Å². The second-order valence-corrected chi connectivity index (χ2v) is 3.35. The van der Waals surface area contributed by atoms with E-state index in [9.17, 15) is 9.59 Å². The van der Waals surface area contributed by atoms with E-state index in [2.05, 4.69) is 15.6 Å². The number of nitrogens with zero attached hydrogens (tertiary/aromatic N) is 1. The minimum absolute atomic E-state index is 0.172. The monoisotopic (exact) mass is 238 g/mol. The first-order chi connectivity index (χ1) is 8.00. The summed E-state index contributed by atoms with van der Waals surface area (Å²) in [5.74, 6) is -0.448. The molecule has 0 bridgehead atoms. The van der Waals surface area contributed by atoms with Crippen molar-refractivity contribution < 1.29 is 14.7 Å². The van der Waals surface area contributed by atoms with E-state index in [0.29, 0.717) is 24.6 Å². The summed E-state index contributed by atoms with van der Waals surface area (Å²) in [5, 5.41) is 14.2. The van der Waals surface area contributed by atoms with Gasteiger partial charge >= 0.3 is 12.0 Å². The normalized spacial score (nSPS) is 9.71. The van der Waals surface area contributed by atoms with Gasteiger partial charge in [0.1, 0.15) is 5.82 Å². The molecule has 0 aliphatic carbocycles. The minimum atomic E-state index is -1.00. The van der Waals surface area contributed by atoms with Gasteiger partial charge in [0, 0.05) is 13.1 Å². The molecule has 0 atom stereocenters. The Bertz CT molecular complexity index is 434. The molecule has 0 saturated heterocycles. The zero-order valence-corrected chi connectivity index (χ0v) is 9.36. The van der Waals surface area contributed by atoms with Gasteiger partial charge in [0.25, 0.3) is 0 Å². The second-order valence-electron chi connectivity index (χ2n) is 3.35. The summed E-state index contributed by atoms with van der Waals surface area (Å²) in [6.45, 7) is 2.45. The van der Waals surface area contributed by atoms with Crippen molar-refractivity contribution in [1.82, 2.24) is 10.3 Å². The molecule has 1 heterocycles. The third kappa shape index (κ3) is 3.98. The quantitative estimate of drug-likeness (QED) is 0.545. The van der Waals surface area contributed by atoms with Crippen LogP contribution in [-0.4, -0.2) is 35.2 Å². The number of carbonyl (C=O) groups excluding carboxylic acids is 1. The molecule has 92 valence electrons. The Kier molecular flexibility index (Phi) is 4.27. The van der Waals surface area contributed by atoms with Gasteiger partial charge in [-0.05, 0) is 19.1 Å². The number of rotatable bonds is 5. The highest BCUT2D eigenvalue weighted by Gasteiger charge is 2.08. The molecule has 0 aromatic carbocycles. The fourth-order valence-electron chi connectivity index (χ4n) is 1.26. The first-order valence-corrected chi connectivity index (χ1v) is 4.99. The lowest BCUT2D eigenvalue weighted by molar-refractivity contribution is 0.0695. The fourth-order valence-corrected chi connectivity index (χ4v) is 1.26. The Morgan fingerprint density at radius 2 is 2.12 bits per heavy atom. The Hall–Kier alpha value is -2.31. The number of hydrogen-bond donors (Lipinski definition) is 4. The van der Waals surface area contributed by atoms with Crippen molar-refractivity contribution in [2.24, 2.45) is 5.73 Å². The molecule has 1 aromatic rings. The van der Waals surface area contributed by atoms with Crippen molar-refractivity contribution in [2.45, 2.75) is 6.92 Å². The molecular formula is C10H14N4O3. The lowest BCUT2D eigenvalue weighted by atomic mass is 10.2. The number of aryl methyl sites for hydroxylation is 1. The Morgan fingerprint density at radius 1 is 1.41 bits per heavy atom. The highest BCUT2D eigenvalue weighted by atomic mass is 16.4. The molecule has 2 amide bonds. The number of anilines is 1. The second kappa shape index (κ2) is 5.69. The standard InChI is InChI=1S/C10H14N4O3/c1-6-7(9(15)16)2-3-8(14-6)12-4-5-13-10(11)17/h2-3H,4-5H2,1H3,(H,12,14)(H,15,16)(H3,11,13,17). The van der Waals surface area contributed by atoms with Gasteiger partial charge in [0.2, 0.25) is 0 Å². The zero-order valence-electron chi connectivity index (χ0n) is 9.36. The third-order valence-electron chi connectivity index (χ3n) is 2.05. The van der Waals surface area contributed by atoms with Crippen LogP contribution in [0, 0.1) is 6.92 Å². The summed E-state index contributed by atoms with van der Waals surface area (Å²) < 4.78 is 0. The molecule has 7 nitrogen and oxygen atoms in total. The molecule has 0 aliphatic heterocycles. The van der Waals surface area contributed by atoms with Crippen molar-refractivity contribution in [3.63, 3.8) is 0 Å². The molecule has 0 saturated carbocycles. The van der Waals surface area contributed by atoms with Crippen LogP contribution in [0.5, 0.6) is 0 Å². The number of nitrogens with two attached hydrogens (primary N) is 1. The fraction of sp³-hybridized carbons (Fsp3) is 0.300. The van der Waals surface area contributed by atoms with Gasteiger partial charge in [-0.3, -0.25) is 0 Å². The van der Waals surface area contributed by atoms with Crippen LogP contribution in [0.3, 0.4) is 0 Å². The van der Waals surface area contributed by atoms with Gasteiger partial charge in [-0.15, -0.1) is 0 Å². The van der Waals surface area contributed by atoms with Crippen LogP contribution in [0.2, 0.25) is 0 Å². The van der Waals surface area contributed by atoms with Crippen molar-refractivity contribution in [1.29, 1.82) is 0 Å². The van der Waals surface area contributed by atoms with Crippen molar-refractivity contribution in [3.8, 4) is 0 Å². The van der Waals surface area contributed by atoms with Crippen LogP contribution in [0.1, 0.15) is 16.1 Å². The summed E-state index contributed by atoms with van der Waals surface area (Å²) in [7, 11) is 0. The van der Waals surface area contributed by atoms with Crippen molar-refractivity contribution >= 4 is 17.8 Å². The molecule has 1 aromatic heterocycles. The summed E-state index contributed by atoms with van der Waals surface area (Å²) in [6.07, 6.45) is 0. The lowest BCUT2D eigenvalue weighted by Crippen LogP contribution is -2.33. The summed E-state index contributed by atoms with van der Waals surface area (Å²) >= 11 is 0. The number of hydrogen-bond acceptors (Lipinski definition) is 4. The van der Waals surface area contributed by atoms with E-state index in [1.807, 2.05) is 0 Å². The SMILES string of the molecule is Cc1nc(NCCNC(N)=O)ccc1C(=O)O. The topological polar surface area (TPSA) is 117 Å². The zero-order chi connectivity index (χ0) is 12.8. The number of pyridine rings is 1. The molecule has 0 radical (unpaired) electrons. The largest absolute Gasteiger partial charge is 0.478 e. The van der Waals surface area contributed by atoms with E-state index in [-0.39, 0.29) is 5.56 Å². The van der Waals surface area contributed by atoms with Gasteiger partial charge < -0.3 is 21.5 Å². The average molecular weight is 238 g/mol. The van der Waals surface area contributed by atoms with Gasteiger partial charge in [-0.25, -0.2) is 14.6 Å². The van der Waals surface area contributed by atoms with Crippen LogP contribution >= 0.6 is 0 Å². The smallest absolute Gasteiger partial charge is 0.337 e. The van der Waals surface area contributed by atoms with Crippen LogP contribution < -0.4 is 16.4 Å². The van der Waals surface area contributed by atoms with Gasteiger partial charge in [0.05, 0.1) is 11.3 Å². The van der Waals surface area contributed by atoms with E-state index in [1.54, 1.807) is 13.0 Å². The van der Waals surface area contributed by atoms with Crippen LogP contribution in [0.15, 0.2) is 12.1 Å². The molecule has 0 spiro atoms. The molecule has 0 aliphatic rings. The molecular weight excluding hydrogens is 224 g/mol. The molecule has 7 heteroatoms. The number of amides is 2. The highest BCUT2D eigenvalue weighted by molar-refractivity contribution is 5.89. The number of aromatic carboxylic acids is 1. The summed E-state index contributed by atoms with van der Waals surface area (Å²) in [4.78, 5) is 25.2. The van der Waals surface area contributed by atoms with Crippen LogP contribution in [-0.2, 0) is 0 Å². The molecule has 0 fully saturated rings. The Morgan fingerprint density at radius 3 is 2.65 bits per heavy atom. The number of carboxylic acids is 1. The number of nitrogens with one attached hydrogen (secondary N) is 2. The van der Waals surface area contributed by atoms with E-state index in [4.69, 9.17) is 10.8 Å². The lowest BCUT2D eigenvalue weighted by Gasteiger charge is -2.07.